The number of rotatable bonds is 8. The Bertz CT molecular complexity index is 1400. The zero-order chi connectivity index (χ0) is 25.1. The zero-order valence-corrected chi connectivity index (χ0v) is 21.6. The third kappa shape index (κ3) is 5.16. The molecule has 1 fully saturated rings. The maximum atomic E-state index is 13.0. The number of amides is 1. The molecule has 8 heteroatoms. The monoisotopic (exact) mass is 504 g/mol. The van der Waals surface area contributed by atoms with Gasteiger partial charge in [-0.15, -0.1) is 11.3 Å². The van der Waals surface area contributed by atoms with Gasteiger partial charge in [-0.2, -0.15) is 0 Å². The highest BCUT2D eigenvalue weighted by Crippen LogP contribution is 2.26. The van der Waals surface area contributed by atoms with Gasteiger partial charge in [-0.25, -0.2) is 0 Å². The summed E-state index contributed by atoms with van der Waals surface area (Å²) in [4.78, 5) is 29.2. The molecule has 0 bridgehead atoms. The number of nitrogens with one attached hydrogen (secondary N) is 2. The van der Waals surface area contributed by atoms with E-state index in [9.17, 15) is 9.59 Å². The van der Waals surface area contributed by atoms with E-state index in [1.165, 1.54) is 21.0 Å². The lowest BCUT2D eigenvalue weighted by atomic mass is 10.0. The van der Waals surface area contributed by atoms with E-state index in [1.54, 1.807) is 18.7 Å². The predicted molar refractivity (Wildman–Crippen MR) is 146 cm³/mol. The van der Waals surface area contributed by atoms with Crippen LogP contribution in [0.15, 0.2) is 59.4 Å². The Morgan fingerprint density at radius 3 is 2.64 bits per heavy atom. The molecule has 2 aromatic carbocycles. The van der Waals surface area contributed by atoms with Crippen molar-refractivity contribution in [2.75, 3.05) is 33.8 Å². The first-order valence-corrected chi connectivity index (χ1v) is 13.2. The Hall–Kier alpha value is -3.20. The number of ether oxygens (including phenoxy) is 1. The maximum Gasteiger partial charge on any atom is 0.251 e. The van der Waals surface area contributed by atoms with Gasteiger partial charge in [-0.1, -0.05) is 18.2 Å². The first-order valence-electron chi connectivity index (χ1n) is 12.4. The van der Waals surface area contributed by atoms with Crippen LogP contribution >= 0.6 is 11.3 Å². The van der Waals surface area contributed by atoms with Crippen LogP contribution in [0.1, 0.15) is 28.1 Å². The number of aromatic nitrogens is 1. The Balaban J connectivity index is 1.21. The second-order valence-electron chi connectivity index (χ2n) is 9.26. The Morgan fingerprint density at radius 2 is 1.89 bits per heavy atom. The average molecular weight is 505 g/mol. The number of hydrogen-bond acceptors (Lipinski definition) is 6. The van der Waals surface area contributed by atoms with Crippen molar-refractivity contribution in [1.29, 1.82) is 0 Å². The molecule has 1 aliphatic rings. The van der Waals surface area contributed by atoms with Crippen LogP contribution in [0.3, 0.4) is 0 Å². The third-order valence-corrected chi connectivity index (χ3v) is 8.18. The summed E-state index contributed by atoms with van der Waals surface area (Å²) in [6.07, 6.45) is 2.17. The lowest BCUT2D eigenvalue weighted by Gasteiger charge is -2.32. The van der Waals surface area contributed by atoms with Crippen LogP contribution in [0.2, 0.25) is 0 Å². The second-order valence-corrected chi connectivity index (χ2v) is 10.4. The number of fused-ring (bicyclic) bond motifs is 2. The van der Waals surface area contributed by atoms with E-state index < -0.39 is 0 Å². The van der Waals surface area contributed by atoms with Crippen LogP contribution in [-0.4, -0.2) is 55.2 Å². The van der Waals surface area contributed by atoms with Gasteiger partial charge < -0.3 is 24.8 Å². The Morgan fingerprint density at radius 1 is 1.08 bits per heavy atom. The smallest absolute Gasteiger partial charge is 0.251 e. The first-order chi connectivity index (χ1) is 17.6. The van der Waals surface area contributed by atoms with Crippen molar-refractivity contribution in [3.05, 3.63) is 75.4 Å². The topological polar surface area (TPSA) is 75.6 Å². The number of carbonyl (C=O) groups is 1. The average Bonchev–Trinajstić information content (AvgIpc) is 3.34. The van der Waals surface area contributed by atoms with Gasteiger partial charge in [0.1, 0.15) is 5.75 Å². The van der Waals surface area contributed by atoms with E-state index in [0.29, 0.717) is 23.9 Å². The van der Waals surface area contributed by atoms with Crippen molar-refractivity contribution >= 4 is 38.2 Å². The summed E-state index contributed by atoms with van der Waals surface area (Å²) in [5.74, 6) is 0.398. The van der Waals surface area contributed by atoms with Gasteiger partial charge in [0.15, 0.2) is 0 Å². The lowest BCUT2D eigenvalue weighted by molar-refractivity contribution is 0.0964. The van der Waals surface area contributed by atoms with E-state index >= 15 is 0 Å². The molecule has 36 heavy (non-hydrogen) atoms. The second kappa shape index (κ2) is 10.8. The summed E-state index contributed by atoms with van der Waals surface area (Å²) in [7, 11) is 3.18. The van der Waals surface area contributed by atoms with Crippen molar-refractivity contribution in [1.82, 2.24) is 20.1 Å². The molecule has 0 unspecified atom stereocenters. The molecule has 0 aliphatic carbocycles. The van der Waals surface area contributed by atoms with Gasteiger partial charge in [0, 0.05) is 59.8 Å². The fraction of sp³-hybridized carbons (Fsp3) is 0.357. The minimum Gasteiger partial charge on any atom is -0.497 e. The van der Waals surface area contributed by atoms with Gasteiger partial charge in [0.05, 0.1) is 18.2 Å². The summed E-state index contributed by atoms with van der Waals surface area (Å²) < 4.78 is 8.49. The normalized spacial score (nSPS) is 14.9. The maximum absolute atomic E-state index is 13.0. The van der Waals surface area contributed by atoms with Crippen LogP contribution in [0.5, 0.6) is 5.75 Å². The highest BCUT2D eigenvalue weighted by Gasteiger charge is 2.20. The van der Waals surface area contributed by atoms with E-state index in [2.05, 4.69) is 45.9 Å². The highest BCUT2D eigenvalue weighted by atomic mass is 32.1. The van der Waals surface area contributed by atoms with Gasteiger partial charge in [0.25, 0.3) is 11.5 Å². The molecule has 3 heterocycles. The zero-order valence-electron chi connectivity index (χ0n) is 20.8. The number of nitrogens with zero attached hydrogens (tertiary/aromatic N) is 2. The highest BCUT2D eigenvalue weighted by molar-refractivity contribution is 7.19. The lowest BCUT2D eigenvalue weighted by Crippen LogP contribution is -2.43. The molecule has 0 radical (unpaired) electrons. The molecule has 7 nitrogen and oxygen atoms in total. The van der Waals surface area contributed by atoms with E-state index in [4.69, 9.17) is 4.74 Å². The summed E-state index contributed by atoms with van der Waals surface area (Å²) >= 11 is 1.86. The Labute approximate surface area is 214 Å². The van der Waals surface area contributed by atoms with Crippen molar-refractivity contribution in [3.8, 4) is 5.75 Å². The molecule has 1 aliphatic heterocycles. The molecule has 0 atom stereocenters. The molecule has 0 spiro atoms. The molecule has 0 saturated carbocycles. The Kier molecular flexibility index (Phi) is 7.36. The number of hydrogen-bond donors (Lipinski definition) is 2. The van der Waals surface area contributed by atoms with Crippen LogP contribution in [0.25, 0.3) is 21.0 Å². The quantitative estimate of drug-likeness (QED) is 0.381. The third-order valence-electron chi connectivity index (χ3n) is 7.06. The number of likely N-dealkylation sites (tertiary alicyclic amines) is 1. The minimum absolute atomic E-state index is 0.172. The van der Waals surface area contributed by atoms with Crippen molar-refractivity contribution < 1.29 is 9.53 Å². The van der Waals surface area contributed by atoms with Gasteiger partial charge >= 0.3 is 0 Å². The van der Waals surface area contributed by atoms with Crippen LogP contribution in [-0.2, 0) is 13.1 Å². The van der Waals surface area contributed by atoms with E-state index in [1.807, 2.05) is 29.5 Å². The molecule has 188 valence electrons. The van der Waals surface area contributed by atoms with Crippen molar-refractivity contribution in [3.63, 3.8) is 0 Å². The predicted octanol–water partition coefficient (Wildman–Crippen LogP) is 3.84. The number of benzene rings is 2. The molecule has 1 saturated heterocycles. The number of piperidine rings is 1. The summed E-state index contributed by atoms with van der Waals surface area (Å²) in [6, 6.07) is 18.3. The molecule has 2 N–H and O–H groups in total. The van der Waals surface area contributed by atoms with Crippen LogP contribution in [0, 0.1) is 0 Å². The van der Waals surface area contributed by atoms with Crippen LogP contribution in [0.4, 0.5) is 0 Å². The SMILES string of the molecule is CNC(=O)c1cc(=O)n(CCN2CCC(NCc3cc4ccccc4s3)CC2)c2cc(OC)ccc12. The van der Waals surface area contributed by atoms with Crippen molar-refractivity contribution in [2.45, 2.75) is 32.0 Å². The molecule has 4 aromatic rings. The summed E-state index contributed by atoms with van der Waals surface area (Å²) in [5, 5.41) is 8.44. The number of methoxy groups -OCH3 is 1. The van der Waals surface area contributed by atoms with E-state index in [0.717, 1.165) is 49.9 Å². The fourth-order valence-electron chi connectivity index (χ4n) is 5.01. The standard InChI is InChI=1S/C28H32N4O3S/c1-29-28(34)24-17-27(33)32(25-16-21(35-2)7-8-23(24)25)14-13-31-11-9-20(10-12-31)30-18-22-15-19-5-3-4-6-26(19)36-22/h3-8,15-17,20,30H,9-14,18H2,1-2H3,(H,29,34). The largest absolute Gasteiger partial charge is 0.497 e. The van der Waals surface area contributed by atoms with Gasteiger partial charge in [0.2, 0.25) is 0 Å². The molecular formula is C28H32N4O3S. The van der Waals surface area contributed by atoms with Gasteiger partial charge in [-0.05, 0) is 55.6 Å². The number of pyridine rings is 1. The minimum atomic E-state index is -0.264. The number of thiophene rings is 1. The van der Waals surface area contributed by atoms with Crippen LogP contribution < -0.4 is 20.9 Å². The van der Waals surface area contributed by atoms with Crippen molar-refractivity contribution in [2.24, 2.45) is 0 Å². The first kappa shape index (κ1) is 24.5. The number of carbonyl (C=O) groups excluding carboxylic acids is 1. The summed E-state index contributed by atoms with van der Waals surface area (Å²) in [6.45, 7) is 4.25. The molecule has 5 rings (SSSR count). The molecule has 2 aromatic heterocycles. The van der Waals surface area contributed by atoms with E-state index in [-0.39, 0.29) is 11.5 Å². The summed E-state index contributed by atoms with van der Waals surface area (Å²) in [5.41, 5.74) is 0.941. The molecular weight excluding hydrogens is 472 g/mol. The fourth-order valence-corrected chi connectivity index (χ4v) is 6.03. The molecule has 1 amide bonds. The van der Waals surface area contributed by atoms with Gasteiger partial charge in [-0.3, -0.25) is 9.59 Å².